The maximum atomic E-state index is 5.51. The zero-order valence-electron chi connectivity index (χ0n) is 14.8. The first-order valence-corrected chi connectivity index (χ1v) is 7.66. The number of nitrogens with zero attached hydrogens (tertiary/aromatic N) is 1. The highest BCUT2D eigenvalue weighted by Gasteiger charge is 2.16. The Hall–Kier alpha value is -0.860. The quantitative estimate of drug-likeness (QED) is 0.375. The van der Waals surface area contributed by atoms with Crippen molar-refractivity contribution < 1.29 is 9.47 Å². The van der Waals surface area contributed by atoms with Crippen LogP contribution >= 0.6 is 24.0 Å². The van der Waals surface area contributed by atoms with Gasteiger partial charge >= 0.3 is 0 Å². The molecule has 0 amide bonds. The van der Waals surface area contributed by atoms with Crippen LogP contribution in [0.4, 0.5) is 0 Å². The van der Waals surface area contributed by atoms with E-state index in [0.717, 1.165) is 12.6 Å². The predicted octanol–water partition coefficient (Wildman–Crippen LogP) is 2.93. The van der Waals surface area contributed by atoms with E-state index in [2.05, 4.69) is 27.8 Å². The Balaban J connectivity index is 0.00000484. The third-order valence-electron chi connectivity index (χ3n) is 3.48. The first kappa shape index (κ1) is 22.1. The van der Waals surface area contributed by atoms with Crippen molar-refractivity contribution >= 4 is 29.9 Å². The number of guanidine groups is 1. The lowest BCUT2D eigenvalue weighted by Gasteiger charge is -2.24. The van der Waals surface area contributed by atoms with Crippen molar-refractivity contribution in [1.82, 2.24) is 10.6 Å². The van der Waals surface area contributed by atoms with Crippen LogP contribution in [0.2, 0.25) is 0 Å². The van der Waals surface area contributed by atoms with Crippen LogP contribution in [0.5, 0.6) is 0 Å². The van der Waals surface area contributed by atoms with Gasteiger partial charge in [-0.3, -0.25) is 4.99 Å². The SMILES string of the molecule is CCOCc1ccccc1CNC(=NC)NCC(C)(C)OC.I. The molecule has 1 aromatic rings. The highest BCUT2D eigenvalue weighted by molar-refractivity contribution is 14.0. The fourth-order valence-corrected chi connectivity index (χ4v) is 1.85. The van der Waals surface area contributed by atoms with Crippen LogP contribution in [0, 0.1) is 0 Å². The van der Waals surface area contributed by atoms with Crippen molar-refractivity contribution in [3.8, 4) is 0 Å². The molecule has 0 fully saturated rings. The number of ether oxygens (including phenoxy) is 2. The Kier molecular flexibility index (Phi) is 11.2. The summed E-state index contributed by atoms with van der Waals surface area (Å²) in [7, 11) is 3.48. The molecule has 0 heterocycles. The van der Waals surface area contributed by atoms with Crippen LogP contribution in [-0.4, -0.2) is 38.9 Å². The number of rotatable bonds is 8. The standard InChI is InChI=1S/C17H29N3O2.HI/c1-6-22-12-15-10-8-7-9-14(15)11-19-16(18-4)20-13-17(2,3)21-5;/h7-10H,6,11-13H2,1-5H3,(H2,18,19,20);1H. The minimum absolute atomic E-state index is 0. The van der Waals surface area contributed by atoms with Crippen LogP contribution < -0.4 is 10.6 Å². The molecule has 0 aliphatic heterocycles. The lowest BCUT2D eigenvalue weighted by Crippen LogP contribution is -2.45. The molecule has 23 heavy (non-hydrogen) atoms. The molecule has 6 heteroatoms. The fraction of sp³-hybridized carbons (Fsp3) is 0.588. The maximum Gasteiger partial charge on any atom is 0.191 e. The fourth-order valence-electron chi connectivity index (χ4n) is 1.85. The van der Waals surface area contributed by atoms with E-state index in [0.29, 0.717) is 19.7 Å². The van der Waals surface area contributed by atoms with Crippen LogP contribution in [0.3, 0.4) is 0 Å². The molecule has 2 N–H and O–H groups in total. The Morgan fingerprint density at radius 3 is 2.39 bits per heavy atom. The second-order valence-corrected chi connectivity index (χ2v) is 5.65. The summed E-state index contributed by atoms with van der Waals surface area (Å²) in [6.45, 7) is 8.81. The zero-order chi connectivity index (χ0) is 16.4. The molecule has 1 aromatic carbocycles. The van der Waals surface area contributed by atoms with Gasteiger partial charge in [0.2, 0.25) is 0 Å². The summed E-state index contributed by atoms with van der Waals surface area (Å²) < 4.78 is 10.9. The van der Waals surface area contributed by atoms with E-state index >= 15 is 0 Å². The Morgan fingerprint density at radius 1 is 1.17 bits per heavy atom. The smallest absolute Gasteiger partial charge is 0.191 e. The van der Waals surface area contributed by atoms with Gasteiger partial charge in [-0.2, -0.15) is 0 Å². The van der Waals surface area contributed by atoms with Crippen molar-refractivity contribution in [3.63, 3.8) is 0 Å². The molecule has 1 rings (SSSR count). The molecule has 0 bridgehead atoms. The summed E-state index contributed by atoms with van der Waals surface area (Å²) in [6.07, 6.45) is 0. The third-order valence-corrected chi connectivity index (χ3v) is 3.48. The Bertz CT molecular complexity index is 479. The molecule has 0 aliphatic rings. The second kappa shape index (κ2) is 11.6. The topological polar surface area (TPSA) is 54.9 Å². The van der Waals surface area contributed by atoms with E-state index in [-0.39, 0.29) is 29.6 Å². The van der Waals surface area contributed by atoms with E-state index < -0.39 is 0 Å². The number of hydrogen-bond acceptors (Lipinski definition) is 3. The summed E-state index contributed by atoms with van der Waals surface area (Å²) in [6, 6.07) is 8.27. The molecule has 0 saturated carbocycles. The van der Waals surface area contributed by atoms with Crippen LogP contribution in [-0.2, 0) is 22.6 Å². The molecule has 5 nitrogen and oxygen atoms in total. The number of hydrogen-bond donors (Lipinski definition) is 2. The average Bonchev–Trinajstić information content (AvgIpc) is 2.54. The van der Waals surface area contributed by atoms with E-state index in [9.17, 15) is 0 Å². The summed E-state index contributed by atoms with van der Waals surface area (Å²) in [5.41, 5.74) is 2.18. The van der Waals surface area contributed by atoms with Gasteiger partial charge in [-0.25, -0.2) is 0 Å². The van der Waals surface area contributed by atoms with Crippen molar-refractivity contribution in [3.05, 3.63) is 35.4 Å². The minimum atomic E-state index is -0.232. The monoisotopic (exact) mass is 435 g/mol. The number of nitrogens with one attached hydrogen (secondary N) is 2. The van der Waals surface area contributed by atoms with Gasteiger partial charge in [0, 0.05) is 33.9 Å². The van der Waals surface area contributed by atoms with E-state index in [1.54, 1.807) is 14.2 Å². The summed E-state index contributed by atoms with van der Waals surface area (Å²) in [5.74, 6) is 0.760. The first-order chi connectivity index (χ1) is 10.5. The summed E-state index contributed by atoms with van der Waals surface area (Å²) in [4.78, 5) is 4.24. The van der Waals surface area contributed by atoms with Crippen molar-refractivity contribution in [2.24, 2.45) is 4.99 Å². The number of benzene rings is 1. The minimum Gasteiger partial charge on any atom is -0.377 e. The van der Waals surface area contributed by atoms with E-state index in [1.807, 2.05) is 32.9 Å². The second-order valence-electron chi connectivity index (χ2n) is 5.65. The molecule has 0 atom stereocenters. The van der Waals surface area contributed by atoms with Gasteiger partial charge in [-0.05, 0) is 31.9 Å². The zero-order valence-corrected chi connectivity index (χ0v) is 17.1. The lowest BCUT2D eigenvalue weighted by atomic mass is 10.1. The van der Waals surface area contributed by atoms with Gasteiger partial charge in [0.25, 0.3) is 0 Å². The van der Waals surface area contributed by atoms with Gasteiger partial charge in [0.15, 0.2) is 5.96 Å². The molecule has 0 radical (unpaired) electrons. The Morgan fingerprint density at radius 2 is 1.83 bits per heavy atom. The largest absolute Gasteiger partial charge is 0.377 e. The predicted molar refractivity (Wildman–Crippen MR) is 106 cm³/mol. The van der Waals surface area contributed by atoms with Crippen molar-refractivity contribution in [2.45, 2.75) is 39.5 Å². The Labute approximate surface area is 157 Å². The van der Waals surface area contributed by atoms with Gasteiger partial charge in [-0.1, -0.05) is 24.3 Å². The molecule has 0 spiro atoms. The summed E-state index contributed by atoms with van der Waals surface area (Å²) >= 11 is 0. The van der Waals surface area contributed by atoms with Crippen LogP contribution in [0.1, 0.15) is 31.9 Å². The molecule has 0 aromatic heterocycles. The number of aliphatic imine (C=N–C) groups is 1. The van der Waals surface area contributed by atoms with Gasteiger partial charge in [0.05, 0.1) is 12.2 Å². The maximum absolute atomic E-state index is 5.51. The normalized spacial score (nSPS) is 11.8. The molecular formula is C17H30IN3O2. The van der Waals surface area contributed by atoms with Gasteiger partial charge < -0.3 is 20.1 Å². The number of halogens is 1. The first-order valence-electron chi connectivity index (χ1n) is 7.66. The highest BCUT2D eigenvalue weighted by atomic mass is 127. The van der Waals surface area contributed by atoms with Crippen LogP contribution in [0.25, 0.3) is 0 Å². The third kappa shape index (κ3) is 8.53. The van der Waals surface area contributed by atoms with E-state index in [4.69, 9.17) is 9.47 Å². The number of methoxy groups -OCH3 is 1. The lowest BCUT2D eigenvalue weighted by molar-refractivity contribution is 0.0268. The molecule has 0 saturated heterocycles. The van der Waals surface area contributed by atoms with Crippen LogP contribution in [0.15, 0.2) is 29.3 Å². The average molecular weight is 435 g/mol. The van der Waals surface area contributed by atoms with Crippen molar-refractivity contribution in [1.29, 1.82) is 0 Å². The van der Waals surface area contributed by atoms with E-state index in [1.165, 1.54) is 11.1 Å². The highest BCUT2D eigenvalue weighted by Crippen LogP contribution is 2.10. The van der Waals surface area contributed by atoms with Gasteiger partial charge in [0.1, 0.15) is 0 Å². The summed E-state index contributed by atoms with van der Waals surface area (Å²) in [5, 5.41) is 6.60. The molecular weight excluding hydrogens is 405 g/mol. The van der Waals surface area contributed by atoms with Gasteiger partial charge in [-0.15, -0.1) is 24.0 Å². The molecule has 132 valence electrons. The van der Waals surface area contributed by atoms with Crippen molar-refractivity contribution in [2.75, 3.05) is 27.3 Å². The molecule has 0 unspecified atom stereocenters. The molecule has 0 aliphatic carbocycles.